The number of sulfone groups is 1. The maximum atomic E-state index is 12.5. The molecule has 2 aromatic rings. The molecule has 0 aliphatic rings. The summed E-state index contributed by atoms with van der Waals surface area (Å²) in [6, 6.07) is 16.1. The topological polar surface area (TPSA) is 54.5 Å². The van der Waals surface area contributed by atoms with E-state index >= 15 is 0 Å². The molecule has 0 radical (unpaired) electrons. The summed E-state index contributed by atoms with van der Waals surface area (Å²) in [6.45, 7) is 5.84. The normalized spacial score (nSPS) is 11.5. The van der Waals surface area contributed by atoms with Crippen LogP contribution in [0.4, 0.5) is 5.69 Å². The molecule has 2 rings (SSSR count). The summed E-state index contributed by atoms with van der Waals surface area (Å²) in [7, 11) is -3.28. The van der Waals surface area contributed by atoms with E-state index in [4.69, 9.17) is 0 Å². The van der Waals surface area contributed by atoms with Crippen molar-refractivity contribution in [3.8, 4) is 0 Å². The minimum atomic E-state index is -3.28. The van der Waals surface area contributed by atoms with Gasteiger partial charge in [0, 0.05) is 12.2 Å². The lowest BCUT2D eigenvalue weighted by Gasteiger charge is -2.21. The van der Waals surface area contributed by atoms with Crippen LogP contribution in [0.2, 0.25) is 0 Å². The highest BCUT2D eigenvalue weighted by atomic mass is 32.2. The fourth-order valence-electron chi connectivity index (χ4n) is 2.45. The summed E-state index contributed by atoms with van der Waals surface area (Å²) < 4.78 is 24.3. The highest BCUT2D eigenvalue weighted by Crippen LogP contribution is 2.18. The van der Waals surface area contributed by atoms with Crippen molar-refractivity contribution in [2.24, 2.45) is 0 Å². The third kappa shape index (κ3) is 4.03. The van der Waals surface area contributed by atoms with Crippen molar-refractivity contribution in [1.29, 1.82) is 0 Å². The maximum absolute atomic E-state index is 12.5. The molecule has 0 aliphatic carbocycles. The minimum absolute atomic E-state index is 0.0110. The smallest absolute Gasteiger partial charge is 0.231 e. The number of hydrogen-bond donors (Lipinski definition) is 0. The van der Waals surface area contributed by atoms with Crippen molar-refractivity contribution in [2.45, 2.75) is 37.3 Å². The summed E-state index contributed by atoms with van der Waals surface area (Å²) in [5, 5.41) is -0.460. The number of benzene rings is 2. The fraction of sp³-hybridized carbons (Fsp3) is 0.316. The predicted molar refractivity (Wildman–Crippen MR) is 96.9 cm³/mol. The molecule has 0 spiro atoms. The second-order valence-electron chi connectivity index (χ2n) is 5.89. The molecule has 1 amide bonds. The number of rotatable bonds is 6. The molecular formula is C19H23NO3S. The van der Waals surface area contributed by atoms with Gasteiger partial charge in [-0.25, -0.2) is 8.42 Å². The number of likely N-dealkylation sites (N-methyl/N-ethyl adjacent to an activating group) is 1. The maximum Gasteiger partial charge on any atom is 0.231 e. The Kier molecular flexibility index (Phi) is 5.78. The first-order chi connectivity index (χ1) is 11.4. The van der Waals surface area contributed by atoms with Crippen LogP contribution in [0.3, 0.4) is 0 Å². The Balaban J connectivity index is 2.15. The Morgan fingerprint density at radius 2 is 1.58 bits per heavy atom. The van der Waals surface area contributed by atoms with E-state index < -0.39 is 15.1 Å². The van der Waals surface area contributed by atoms with Gasteiger partial charge in [-0.3, -0.25) is 4.79 Å². The molecule has 24 heavy (non-hydrogen) atoms. The number of para-hydroxylation sites is 1. The highest BCUT2D eigenvalue weighted by Gasteiger charge is 2.19. The zero-order chi connectivity index (χ0) is 17.7. The molecule has 0 atom stereocenters. The molecule has 0 N–H and O–H groups in total. The summed E-state index contributed by atoms with van der Waals surface area (Å²) in [4.78, 5) is 14.6. The van der Waals surface area contributed by atoms with Crippen LogP contribution in [-0.2, 0) is 21.1 Å². The van der Waals surface area contributed by atoms with Crippen molar-refractivity contribution in [2.75, 3.05) is 11.4 Å². The van der Waals surface area contributed by atoms with Gasteiger partial charge in [-0.2, -0.15) is 0 Å². The molecule has 0 bridgehead atoms. The molecule has 0 heterocycles. The van der Waals surface area contributed by atoms with Gasteiger partial charge in [0.15, 0.2) is 9.84 Å². The monoisotopic (exact) mass is 345 g/mol. The Labute approximate surface area is 144 Å². The lowest BCUT2D eigenvalue weighted by molar-refractivity contribution is -0.117. The van der Waals surface area contributed by atoms with E-state index in [0.29, 0.717) is 11.4 Å². The molecule has 4 nitrogen and oxygen atoms in total. The largest absolute Gasteiger partial charge is 0.312 e. The summed E-state index contributed by atoms with van der Waals surface area (Å²) in [6.07, 6.45) is 0.241. The van der Waals surface area contributed by atoms with E-state index in [1.807, 2.05) is 37.3 Å². The highest BCUT2D eigenvalue weighted by molar-refractivity contribution is 7.92. The average molecular weight is 345 g/mol. The number of amides is 1. The lowest BCUT2D eigenvalue weighted by atomic mass is 10.1. The lowest BCUT2D eigenvalue weighted by Crippen LogP contribution is -2.31. The second kappa shape index (κ2) is 7.62. The molecule has 5 heteroatoms. The van der Waals surface area contributed by atoms with Crippen molar-refractivity contribution in [1.82, 2.24) is 0 Å². The Morgan fingerprint density at radius 1 is 1.00 bits per heavy atom. The Hall–Kier alpha value is -2.14. The van der Waals surface area contributed by atoms with Gasteiger partial charge in [-0.1, -0.05) is 30.3 Å². The molecule has 2 aromatic carbocycles. The van der Waals surface area contributed by atoms with Gasteiger partial charge in [0.05, 0.1) is 16.6 Å². The van der Waals surface area contributed by atoms with Crippen molar-refractivity contribution < 1.29 is 13.2 Å². The van der Waals surface area contributed by atoms with Gasteiger partial charge < -0.3 is 4.90 Å². The van der Waals surface area contributed by atoms with Gasteiger partial charge in [-0.15, -0.1) is 0 Å². The van der Waals surface area contributed by atoms with Crippen LogP contribution < -0.4 is 4.90 Å². The van der Waals surface area contributed by atoms with Gasteiger partial charge in [0.25, 0.3) is 0 Å². The van der Waals surface area contributed by atoms with Gasteiger partial charge in [0.2, 0.25) is 5.91 Å². The van der Waals surface area contributed by atoms with E-state index in [9.17, 15) is 13.2 Å². The summed E-state index contributed by atoms with van der Waals surface area (Å²) >= 11 is 0. The molecular weight excluding hydrogens is 322 g/mol. The number of carbonyl (C=O) groups excluding carboxylic acids is 1. The van der Waals surface area contributed by atoms with Crippen LogP contribution in [-0.4, -0.2) is 26.1 Å². The van der Waals surface area contributed by atoms with E-state index in [2.05, 4.69) is 0 Å². The van der Waals surface area contributed by atoms with Gasteiger partial charge >= 0.3 is 0 Å². The number of anilines is 1. The Bertz CT molecular complexity index is 781. The molecule has 0 fully saturated rings. The van der Waals surface area contributed by atoms with Crippen LogP contribution in [0.25, 0.3) is 0 Å². The van der Waals surface area contributed by atoms with Crippen LogP contribution in [0.1, 0.15) is 26.3 Å². The van der Waals surface area contributed by atoms with E-state index in [1.54, 1.807) is 43.0 Å². The molecule has 0 aromatic heterocycles. The molecule has 0 unspecified atom stereocenters. The molecule has 0 saturated carbocycles. The summed E-state index contributed by atoms with van der Waals surface area (Å²) in [5.74, 6) is -0.0110. The SMILES string of the molecule is CCN(C(=O)Cc1ccc(S(=O)(=O)C(C)C)cc1)c1ccccc1. The van der Waals surface area contributed by atoms with Crippen molar-refractivity contribution in [3.63, 3.8) is 0 Å². The summed E-state index contributed by atoms with van der Waals surface area (Å²) in [5.41, 5.74) is 1.67. The number of hydrogen-bond acceptors (Lipinski definition) is 3. The van der Waals surface area contributed by atoms with Crippen LogP contribution in [0.5, 0.6) is 0 Å². The number of carbonyl (C=O) groups is 1. The van der Waals surface area contributed by atoms with E-state index in [1.165, 1.54) is 0 Å². The fourth-order valence-corrected chi connectivity index (χ4v) is 3.51. The van der Waals surface area contributed by atoms with Gasteiger partial charge in [0.1, 0.15) is 0 Å². The first-order valence-corrected chi connectivity index (χ1v) is 9.59. The van der Waals surface area contributed by atoms with Crippen molar-refractivity contribution >= 4 is 21.4 Å². The zero-order valence-electron chi connectivity index (χ0n) is 14.3. The zero-order valence-corrected chi connectivity index (χ0v) is 15.1. The minimum Gasteiger partial charge on any atom is -0.312 e. The second-order valence-corrected chi connectivity index (χ2v) is 8.39. The third-order valence-electron chi connectivity index (χ3n) is 3.91. The Morgan fingerprint density at radius 3 is 2.08 bits per heavy atom. The van der Waals surface area contributed by atoms with Crippen LogP contribution in [0, 0.1) is 0 Å². The standard InChI is InChI=1S/C19H23NO3S/c1-4-20(17-8-6-5-7-9-17)19(21)14-16-10-12-18(13-11-16)24(22,23)15(2)3/h5-13,15H,4,14H2,1-3H3. The predicted octanol–water partition coefficient (Wildman–Crippen LogP) is 3.46. The first-order valence-electron chi connectivity index (χ1n) is 8.04. The first kappa shape index (κ1) is 18.2. The van der Waals surface area contributed by atoms with E-state index in [-0.39, 0.29) is 12.3 Å². The molecule has 128 valence electrons. The van der Waals surface area contributed by atoms with E-state index in [0.717, 1.165) is 11.3 Å². The number of nitrogens with zero attached hydrogens (tertiary/aromatic N) is 1. The molecule has 0 aliphatic heterocycles. The van der Waals surface area contributed by atoms with Crippen LogP contribution in [0.15, 0.2) is 59.5 Å². The van der Waals surface area contributed by atoms with Crippen LogP contribution >= 0.6 is 0 Å². The average Bonchev–Trinajstić information content (AvgIpc) is 2.57. The quantitative estimate of drug-likeness (QED) is 0.805. The van der Waals surface area contributed by atoms with Gasteiger partial charge in [-0.05, 0) is 50.6 Å². The molecule has 0 saturated heterocycles. The van der Waals surface area contributed by atoms with Crippen molar-refractivity contribution in [3.05, 3.63) is 60.2 Å². The third-order valence-corrected chi connectivity index (χ3v) is 6.08.